The predicted molar refractivity (Wildman–Crippen MR) is 93.3 cm³/mol. The van der Waals surface area contributed by atoms with Gasteiger partial charge in [-0.15, -0.1) is 0 Å². The van der Waals surface area contributed by atoms with Crippen LogP contribution < -0.4 is 0 Å². The summed E-state index contributed by atoms with van der Waals surface area (Å²) >= 11 is 0. The molecule has 3 aliphatic rings. The van der Waals surface area contributed by atoms with E-state index in [2.05, 4.69) is 6.58 Å². The van der Waals surface area contributed by atoms with Crippen LogP contribution in [0.2, 0.25) is 0 Å². The van der Waals surface area contributed by atoms with Crippen LogP contribution in [0.5, 0.6) is 0 Å². The first-order valence-corrected chi connectivity index (χ1v) is 8.96. The Kier molecular flexibility index (Phi) is 4.07. The van der Waals surface area contributed by atoms with Crippen LogP contribution in [0.3, 0.4) is 0 Å². The van der Waals surface area contributed by atoms with Gasteiger partial charge in [0, 0.05) is 7.11 Å². The molecule has 3 fully saturated rings. The van der Waals surface area contributed by atoms with Gasteiger partial charge >= 0.3 is 6.09 Å². The zero-order valence-electron chi connectivity index (χ0n) is 16.5. The summed E-state index contributed by atoms with van der Waals surface area (Å²) in [5.41, 5.74) is -0.684. The van der Waals surface area contributed by atoms with Gasteiger partial charge in [0.05, 0.1) is 12.1 Å². The zero-order valence-corrected chi connectivity index (χ0v) is 16.5. The van der Waals surface area contributed by atoms with Gasteiger partial charge in [0.15, 0.2) is 5.79 Å². The number of methoxy groups -OCH3 is 1. The standard InChI is InChI=1S/C19H31NO5/c1-12-14-13(23-17(5,6)18(7,22-8)24-14)11-20(19(12)9-10-19)15(21)25-16(2,3)4/h13-14H,1,9-11H2,2-8H3/t13-,14-,18+/m1/s1. The molecule has 2 saturated heterocycles. The van der Waals surface area contributed by atoms with Crippen molar-refractivity contribution in [3.05, 3.63) is 12.2 Å². The Morgan fingerprint density at radius 3 is 2.32 bits per heavy atom. The molecule has 1 saturated carbocycles. The average molecular weight is 353 g/mol. The number of nitrogens with zero attached hydrogens (tertiary/aromatic N) is 1. The second-order valence-corrected chi connectivity index (χ2v) is 9.00. The van der Waals surface area contributed by atoms with Crippen molar-refractivity contribution in [1.82, 2.24) is 4.90 Å². The number of carbonyl (C=O) groups is 1. The van der Waals surface area contributed by atoms with Crippen LogP contribution in [0, 0.1) is 0 Å². The number of amides is 1. The Morgan fingerprint density at radius 1 is 1.24 bits per heavy atom. The maximum Gasteiger partial charge on any atom is 0.411 e. The molecule has 0 N–H and O–H groups in total. The van der Waals surface area contributed by atoms with E-state index in [-0.39, 0.29) is 23.8 Å². The lowest BCUT2D eigenvalue weighted by molar-refractivity contribution is -0.380. The number of hydrogen-bond donors (Lipinski definition) is 0. The Bertz CT molecular complexity index is 589. The molecule has 0 aromatic rings. The van der Waals surface area contributed by atoms with Gasteiger partial charge in [-0.3, -0.25) is 4.90 Å². The Labute approximate surface area is 150 Å². The number of hydrogen-bond acceptors (Lipinski definition) is 5. The molecule has 1 amide bonds. The summed E-state index contributed by atoms with van der Waals surface area (Å²) in [4.78, 5) is 14.6. The van der Waals surface area contributed by atoms with Gasteiger partial charge in [-0.05, 0) is 60.0 Å². The third-order valence-electron chi connectivity index (χ3n) is 5.78. The molecule has 2 heterocycles. The second kappa shape index (κ2) is 5.44. The number of rotatable bonds is 1. The van der Waals surface area contributed by atoms with Crippen molar-refractivity contribution in [2.24, 2.45) is 0 Å². The largest absolute Gasteiger partial charge is 0.444 e. The number of fused-ring (bicyclic) bond motifs is 1. The van der Waals surface area contributed by atoms with Gasteiger partial charge in [0.1, 0.15) is 23.4 Å². The molecule has 0 unspecified atom stereocenters. The Hall–Kier alpha value is -1.11. The lowest BCUT2D eigenvalue weighted by Gasteiger charge is -2.56. The van der Waals surface area contributed by atoms with E-state index in [0.717, 1.165) is 18.4 Å². The van der Waals surface area contributed by atoms with E-state index in [9.17, 15) is 4.79 Å². The summed E-state index contributed by atoms with van der Waals surface area (Å²) in [7, 11) is 1.62. The first-order chi connectivity index (χ1) is 11.4. The molecule has 0 aromatic heterocycles. The normalized spacial score (nSPS) is 36.1. The molecule has 3 atom stereocenters. The first-order valence-electron chi connectivity index (χ1n) is 8.96. The predicted octanol–water partition coefficient (Wildman–Crippen LogP) is 3.25. The highest BCUT2D eigenvalue weighted by Gasteiger charge is 2.64. The highest BCUT2D eigenvalue weighted by Crippen LogP contribution is 2.55. The topological polar surface area (TPSA) is 57.2 Å². The van der Waals surface area contributed by atoms with Crippen LogP contribution in [0.15, 0.2) is 12.2 Å². The molecular formula is C19H31NO5. The maximum atomic E-state index is 12.8. The minimum absolute atomic E-state index is 0.288. The van der Waals surface area contributed by atoms with Gasteiger partial charge in [-0.25, -0.2) is 4.79 Å². The van der Waals surface area contributed by atoms with Crippen molar-refractivity contribution in [3.63, 3.8) is 0 Å². The fraction of sp³-hybridized carbons (Fsp3) is 0.842. The van der Waals surface area contributed by atoms with Crippen LogP contribution >= 0.6 is 0 Å². The van der Waals surface area contributed by atoms with Gasteiger partial charge < -0.3 is 18.9 Å². The van der Waals surface area contributed by atoms with Crippen LogP contribution in [-0.4, -0.2) is 59.4 Å². The number of piperidine rings is 1. The van der Waals surface area contributed by atoms with Crippen molar-refractivity contribution >= 4 is 6.09 Å². The summed E-state index contributed by atoms with van der Waals surface area (Å²) in [5, 5.41) is 0. The van der Waals surface area contributed by atoms with Crippen LogP contribution in [0.1, 0.15) is 54.4 Å². The summed E-state index contributed by atoms with van der Waals surface area (Å²) in [5.74, 6) is -0.874. The molecule has 6 nitrogen and oxygen atoms in total. The fourth-order valence-corrected chi connectivity index (χ4v) is 3.80. The monoisotopic (exact) mass is 353 g/mol. The molecule has 3 rings (SSSR count). The molecule has 2 aliphatic heterocycles. The lowest BCUT2D eigenvalue weighted by atomic mass is 9.86. The van der Waals surface area contributed by atoms with E-state index >= 15 is 0 Å². The quantitative estimate of drug-likeness (QED) is 0.677. The lowest BCUT2D eigenvalue weighted by Crippen LogP contribution is -2.69. The van der Waals surface area contributed by atoms with Crippen LogP contribution in [0.4, 0.5) is 4.79 Å². The number of carbonyl (C=O) groups excluding carboxylic acids is 1. The molecule has 1 spiro atoms. The summed E-state index contributed by atoms with van der Waals surface area (Å²) in [6, 6.07) is 0. The first kappa shape index (κ1) is 18.7. The summed E-state index contributed by atoms with van der Waals surface area (Å²) < 4.78 is 23.9. The number of likely N-dealkylation sites (tertiary alicyclic amines) is 1. The van der Waals surface area contributed by atoms with Crippen molar-refractivity contribution in [1.29, 1.82) is 0 Å². The van der Waals surface area contributed by atoms with Crippen LogP contribution in [-0.2, 0) is 18.9 Å². The van der Waals surface area contributed by atoms with Gasteiger partial charge in [0.25, 0.3) is 0 Å². The van der Waals surface area contributed by atoms with E-state index in [1.54, 1.807) is 12.0 Å². The van der Waals surface area contributed by atoms with Gasteiger partial charge in [-0.1, -0.05) is 6.58 Å². The Balaban J connectivity index is 1.87. The molecule has 0 bridgehead atoms. The van der Waals surface area contributed by atoms with E-state index in [1.165, 1.54) is 0 Å². The maximum absolute atomic E-state index is 12.8. The van der Waals surface area contributed by atoms with Crippen LogP contribution in [0.25, 0.3) is 0 Å². The third-order valence-corrected chi connectivity index (χ3v) is 5.78. The molecule has 25 heavy (non-hydrogen) atoms. The molecular weight excluding hydrogens is 322 g/mol. The van der Waals surface area contributed by atoms with E-state index in [0.29, 0.717) is 6.54 Å². The van der Waals surface area contributed by atoms with Gasteiger partial charge in [-0.2, -0.15) is 0 Å². The minimum atomic E-state index is -0.874. The van der Waals surface area contributed by atoms with Gasteiger partial charge in [0.2, 0.25) is 0 Å². The van der Waals surface area contributed by atoms with E-state index in [4.69, 9.17) is 18.9 Å². The molecule has 0 aromatic carbocycles. The average Bonchev–Trinajstić information content (AvgIpc) is 3.25. The Morgan fingerprint density at radius 2 is 1.84 bits per heavy atom. The molecule has 6 heteroatoms. The van der Waals surface area contributed by atoms with Crippen molar-refractivity contribution in [3.8, 4) is 0 Å². The highest BCUT2D eigenvalue weighted by molar-refractivity contribution is 5.72. The number of ether oxygens (including phenoxy) is 4. The SMILES string of the molecule is C=C1[C@H]2O[C@](C)(OC)C(C)(C)O[C@@H]2CN(C(=O)OC(C)(C)C)C12CC2. The molecule has 0 radical (unpaired) electrons. The fourth-order valence-electron chi connectivity index (χ4n) is 3.80. The van der Waals surface area contributed by atoms with E-state index < -0.39 is 17.0 Å². The second-order valence-electron chi connectivity index (χ2n) is 9.00. The van der Waals surface area contributed by atoms with Crippen molar-refractivity contribution in [2.75, 3.05) is 13.7 Å². The molecule has 1 aliphatic carbocycles. The zero-order chi connectivity index (χ0) is 18.8. The van der Waals surface area contributed by atoms with Crippen molar-refractivity contribution < 1.29 is 23.7 Å². The van der Waals surface area contributed by atoms with Crippen molar-refractivity contribution in [2.45, 2.75) is 89.1 Å². The summed E-state index contributed by atoms with van der Waals surface area (Å²) in [6.45, 7) is 16.1. The smallest absolute Gasteiger partial charge is 0.411 e. The highest BCUT2D eigenvalue weighted by atomic mass is 16.7. The third kappa shape index (κ3) is 2.88. The minimum Gasteiger partial charge on any atom is -0.444 e. The van der Waals surface area contributed by atoms with E-state index in [1.807, 2.05) is 41.5 Å². The molecule has 142 valence electrons. The summed E-state index contributed by atoms with van der Waals surface area (Å²) in [6.07, 6.45) is 0.866.